The number of para-hydroxylation sites is 1. The van der Waals surface area contributed by atoms with Crippen molar-refractivity contribution in [2.75, 3.05) is 23.9 Å². The highest BCUT2D eigenvalue weighted by Gasteiger charge is 2.05. The van der Waals surface area contributed by atoms with Gasteiger partial charge in [-0.05, 0) is 23.6 Å². The molecule has 1 N–H and O–H groups in total. The summed E-state index contributed by atoms with van der Waals surface area (Å²) in [6, 6.07) is 18.2. The van der Waals surface area contributed by atoms with Gasteiger partial charge in [-0.1, -0.05) is 48.5 Å². The zero-order valence-corrected chi connectivity index (χ0v) is 12.4. The largest absolute Gasteiger partial charge is 0.384 e. The van der Waals surface area contributed by atoms with E-state index in [1.807, 2.05) is 36.4 Å². The van der Waals surface area contributed by atoms with Gasteiger partial charge in [0.2, 0.25) is 0 Å². The van der Waals surface area contributed by atoms with Crippen LogP contribution < -0.4 is 5.32 Å². The van der Waals surface area contributed by atoms with Gasteiger partial charge < -0.3 is 5.32 Å². The molecule has 0 heterocycles. The number of anilines is 1. The standard InChI is InChI=1S/C16H19NO2S/c1-20(18,19)12-11-17-16-10-6-5-9-15(16)13-14-7-3-2-4-8-14/h2-10,17H,11-13H2,1H3. The lowest BCUT2D eigenvalue weighted by Crippen LogP contribution is -2.15. The monoisotopic (exact) mass is 289 g/mol. The lowest BCUT2D eigenvalue weighted by atomic mass is 10.0. The van der Waals surface area contributed by atoms with Gasteiger partial charge in [0.1, 0.15) is 9.84 Å². The van der Waals surface area contributed by atoms with Gasteiger partial charge in [-0.25, -0.2) is 8.42 Å². The third-order valence-corrected chi connectivity index (χ3v) is 3.99. The summed E-state index contributed by atoms with van der Waals surface area (Å²) in [6.45, 7) is 0.435. The van der Waals surface area contributed by atoms with Crippen LogP contribution in [0.3, 0.4) is 0 Å². The van der Waals surface area contributed by atoms with Crippen LogP contribution in [0.2, 0.25) is 0 Å². The van der Waals surface area contributed by atoms with Gasteiger partial charge >= 0.3 is 0 Å². The Bertz CT molecular complexity index is 651. The fourth-order valence-corrected chi connectivity index (χ4v) is 2.51. The van der Waals surface area contributed by atoms with Crippen LogP contribution in [0.1, 0.15) is 11.1 Å². The molecule has 2 aromatic rings. The first-order chi connectivity index (χ1) is 9.54. The van der Waals surface area contributed by atoms with Gasteiger partial charge in [0.05, 0.1) is 5.75 Å². The summed E-state index contributed by atoms with van der Waals surface area (Å²) in [5.74, 6) is 0.146. The molecule has 4 heteroatoms. The van der Waals surface area contributed by atoms with Gasteiger partial charge in [0, 0.05) is 18.5 Å². The summed E-state index contributed by atoms with van der Waals surface area (Å²) in [5.41, 5.74) is 3.41. The van der Waals surface area contributed by atoms with Crippen molar-refractivity contribution in [1.29, 1.82) is 0 Å². The second-order valence-corrected chi connectivity index (χ2v) is 7.14. The van der Waals surface area contributed by atoms with Crippen LogP contribution in [-0.4, -0.2) is 27.0 Å². The minimum absolute atomic E-state index is 0.146. The first-order valence-electron chi connectivity index (χ1n) is 6.58. The number of rotatable bonds is 6. The Hall–Kier alpha value is -1.81. The highest BCUT2D eigenvalue weighted by Crippen LogP contribution is 2.18. The normalized spacial score (nSPS) is 11.2. The second kappa shape index (κ2) is 6.57. The molecule has 0 spiro atoms. The van der Waals surface area contributed by atoms with Crippen LogP contribution in [0.25, 0.3) is 0 Å². The number of hydrogen-bond acceptors (Lipinski definition) is 3. The number of hydrogen-bond donors (Lipinski definition) is 1. The van der Waals surface area contributed by atoms with E-state index in [1.54, 1.807) is 0 Å². The Morgan fingerprint density at radius 3 is 2.30 bits per heavy atom. The first kappa shape index (κ1) is 14.6. The van der Waals surface area contributed by atoms with E-state index in [4.69, 9.17) is 0 Å². The molecule has 0 atom stereocenters. The number of benzene rings is 2. The van der Waals surface area contributed by atoms with Crippen molar-refractivity contribution in [2.45, 2.75) is 6.42 Å². The van der Waals surface area contributed by atoms with Crippen molar-refractivity contribution in [3.05, 3.63) is 65.7 Å². The highest BCUT2D eigenvalue weighted by atomic mass is 32.2. The second-order valence-electron chi connectivity index (χ2n) is 4.88. The molecule has 2 aromatic carbocycles. The Labute approximate surface area is 120 Å². The fourth-order valence-electron chi connectivity index (χ4n) is 2.03. The molecule has 0 aromatic heterocycles. The molecule has 3 nitrogen and oxygen atoms in total. The fraction of sp³-hybridized carbons (Fsp3) is 0.250. The quantitative estimate of drug-likeness (QED) is 0.889. The summed E-state index contributed by atoms with van der Waals surface area (Å²) in [5, 5.41) is 3.21. The third-order valence-electron chi connectivity index (χ3n) is 3.04. The van der Waals surface area contributed by atoms with E-state index in [2.05, 4.69) is 23.5 Å². The predicted octanol–water partition coefficient (Wildman–Crippen LogP) is 2.73. The van der Waals surface area contributed by atoms with Crippen LogP contribution in [0.4, 0.5) is 5.69 Å². The van der Waals surface area contributed by atoms with Crippen LogP contribution in [0, 0.1) is 0 Å². The molecule has 0 fully saturated rings. The van der Waals surface area contributed by atoms with Crippen molar-refractivity contribution in [1.82, 2.24) is 0 Å². The van der Waals surface area contributed by atoms with Crippen molar-refractivity contribution >= 4 is 15.5 Å². The Kier molecular flexibility index (Phi) is 4.79. The van der Waals surface area contributed by atoms with Gasteiger partial charge in [-0.3, -0.25) is 0 Å². The summed E-state index contributed by atoms with van der Waals surface area (Å²) in [7, 11) is -2.93. The molecule has 0 unspecified atom stereocenters. The van der Waals surface area contributed by atoms with E-state index >= 15 is 0 Å². The van der Waals surface area contributed by atoms with E-state index in [0.717, 1.165) is 12.1 Å². The van der Waals surface area contributed by atoms with Crippen molar-refractivity contribution in [3.63, 3.8) is 0 Å². The molecule has 0 aliphatic rings. The molecule has 20 heavy (non-hydrogen) atoms. The molecule has 0 saturated carbocycles. The van der Waals surface area contributed by atoms with E-state index in [-0.39, 0.29) is 5.75 Å². The van der Waals surface area contributed by atoms with Crippen LogP contribution in [0.15, 0.2) is 54.6 Å². The molecule has 0 radical (unpaired) electrons. The van der Waals surface area contributed by atoms with Gasteiger partial charge in [0.15, 0.2) is 0 Å². The average Bonchev–Trinajstić information content (AvgIpc) is 2.40. The number of nitrogens with one attached hydrogen (secondary N) is 1. The van der Waals surface area contributed by atoms with Crippen molar-refractivity contribution in [2.24, 2.45) is 0 Å². The molecule has 0 aliphatic carbocycles. The molecule has 0 bridgehead atoms. The van der Waals surface area contributed by atoms with Crippen molar-refractivity contribution in [3.8, 4) is 0 Å². The van der Waals surface area contributed by atoms with Gasteiger partial charge in [-0.2, -0.15) is 0 Å². The van der Waals surface area contributed by atoms with Crippen LogP contribution >= 0.6 is 0 Å². The molecule has 0 aliphatic heterocycles. The molecule has 0 saturated heterocycles. The Balaban J connectivity index is 2.06. The minimum Gasteiger partial charge on any atom is -0.384 e. The van der Waals surface area contributed by atoms with E-state index < -0.39 is 9.84 Å². The molecule has 0 amide bonds. The summed E-state index contributed by atoms with van der Waals surface area (Å²) < 4.78 is 22.3. The topological polar surface area (TPSA) is 46.2 Å². The summed E-state index contributed by atoms with van der Waals surface area (Å²) in [6.07, 6.45) is 2.09. The maximum Gasteiger partial charge on any atom is 0.149 e. The minimum atomic E-state index is -2.93. The maximum atomic E-state index is 11.2. The maximum absolute atomic E-state index is 11.2. The lowest BCUT2D eigenvalue weighted by Gasteiger charge is -2.11. The smallest absolute Gasteiger partial charge is 0.149 e. The zero-order valence-electron chi connectivity index (χ0n) is 11.5. The highest BCUT2D eigenvalue weighted by molar-refractivity contribution is 7.90. The average molecular weight is 289 g/mol. The Morgan fingerprint density at radius 2 is 1.60 bits per heavy atom. The van der Waals surface area contributed by atoms with Crippen LogP contribution in [-0.2, 0) is 16.3 Å². The van der Waals surface area contributed by atoms with Gasteiger partial charge in [-0.15, -0.1) is 0 Å². The van der Waals surface area contributed by atoms with Crippen molar-refractivity contribution < 1.29 is 8.42 Å². The van der Waals surface area contributed by atoms with E-state index in [9.17, 15) is 8.42 Å². The van der Waals surface area contributed by atoms with Gasteiger partial charge in [0.25, 0.3) is 0 Å². The molecule has 106 valence electrons. The van der Waals surface area contributed by atoms with Crippen LogP contribution in [0.5, 0.6) is 0 Å². The Morgan fingerprint density at radius 1 is 0.950 bits per heavy atom. The zero-order chi connectivity index (χ0) is 14.4. The molecular formula is C16H19NO2S. The molecule has 2 rings (SSSR count). The SMILES string of the molecule is CS(=O)(=O)CCNc1ccccc1Cc1ccccc1. The van der Waals surface area contributed by atoms with E-state index in [1.165, 1.54) is 17.4 Å². The lowest BCUT2D eigenvalue weighted by molar-refractivity contribution is 0.602. The predicted molar refractivity (Wildman–Crippen MR) is 83.9 cm³/mol. The summed E-state index contributed by atoms with van der Waals surface area (Å²) in [4.78, 5) is 0. The first-order valence-corrected chi connectivity index (χ1v) is 8.64. The summed E-state index contributed by atoms with van der Waals surface area (Å²) >= 11 is 0. The third kappa shape index (κ3) is 4.70. The molecular weight excluding hydrogens is 270 g/mol. The number of sulfone groups is 1. The van der Waals surface area contributed by atoms with E-state index in [0.29, 0.717) is 6.54 Å².